The summed E-state index contributed by atoms with van der Waals surface area (Å²) in [5.74, 6) is 0.332. The van der Waals surface area contributed by atoms with Gasteiger partial charge in [0.25, 0.3) is 5.56 Å². The molecule has 2 aromatic rings. The van der Waals surface area contributed by atoms with E-state index < -0.39 is 11.2 Å². The molecule has 2 rings (SSSR count). The molecule has 0 unspecified atom stereocenters. The first-order valence-electron chi connectivity index (χ1n) is 8.00. The first-order valence-corrected chi connectivity index (χ1v) is 8.00. The lowest BCUT2D eigenvalue weighted by Gasteiger charge is -2.23. The van der Waals surface area contributed by atoms with Gasteiger partial charge in [-0.3, -0.25) is 13.9 Å². The molecule has 0 fully saturated rings. The van der Waals surface area contributed by atoms with E-state index in [1.54, 1.807) is 19.0 Å². The number of ether oxygens (including phenoxy) is 1. The van der Waals surface area contributed by atoms with Gasteiger partial charge in [0, 0.05) is 34.3 Å². The molecule has 0 aliphatic rings. The Kier molecular flexibility index (Phi) is 6.14. The predicted octanol–water partition coefficient (Wildman–Crippen LogP) is 0.999. The van der Waals surface area contributed by atoms with Crippen molar-refractivity contribution in [1.82, 2.24) is 9.13 Å². The van der Waals surface area contributed by atoms with Crippen molar-refractivity contribution >= 4 is 5.82 Å². The predicted molar refractivity (Wildman–Crippen MR) is 95.6 cm³/mol. The van der Waals surface area contributed by atoms with Crippen LogP contribution >= 0.6 is 0 Å². The van der Waals surface area contributed by atoms with Gasteiger partial charge in [-0.15, -0.1) is 0 Å². The molecular weight excluding hydrogens is 320 g/mol. The summed E-state index contributed by atoms with van der Waals surface area (Å²) in [6.45, 7) is 1.64. The number of rotatable bonds is 7. The van der Waals surface area contributed by atoms with E-state index in [1.165, 1.54) is 11.6 Å². The molecule has 132 valence electrons. The van der Waals surface area contributed by atoms with Crippen molar-refractivity contribution in [2.75, 3.05) is 25.1 Å². The zero-order valence-corrected chi connectivity index (χ0v) is 14.7. The van der Waals surface area contributed by atoms with E-state index in [0.29, 0.717) is 32.0 Å². The van der Waals surface area contributed by atoms with Crippen molar-refractivity contribution in [2.24, 2.45) is 14.1 Å². The molecule has 0 atom stereocenters. The van der Waals surface area contributed by atoms with Gasteiger partial charge in [-0.2, -0.15) is 5.26 Å². The van der Waals surface area contributed by atoms with E-state index in [0.717, 1.165) is 10.1 Å². The van der Waals surface area contributed by atoms with Gasteiger partial charge in [0.2, 0.25) is 0 Å². The van der Waals surface area contributed by atoms with Gasteiger partial charge in [0.05, 0.1) is 6.61 Å². The van der Waals surface area contributed by atoms with Gasteiger partial charge in [0.15, 0.2) is 5.56 Å². The molecule has 25 heavy (non-hydrogen) atoms. The Morgan fingerprint density at radius 3 is 2.48 bits per heavy atom. The molecule has 0 spiro atoms. The van der Waals surface area contributed by atoms with Crippen molar-refractivity contribution in [1.29, 1.82) is 5.26 Å². The standard InChI is InChI=1S/C18H22N4O3/c1-20(10-7-11-25-13-14-8-5-4-6-9-14)16-15(12-19)17(23)22(3)18(24)21(16)2/h4-6,8-9H,7,10-11,13H2,1-3H3. The number of aromatic nitrogens is 2. The molecule has 7 nitrogen and oxygen atoms in total. The molecular formula is C18H22N4O3. The largest absolute Gasteiger partial charge is 0.377 e. The molecule has 1 aromatic carbocycles. The van der Waals surface area contributed by atoms with Crippen molar-refractivity contribution in [3.63, 3.8) is 0 Å². The highest BCUT2D eigenvalue weighted by Crippen LogP contribution is 2.13. The molecule has 0 N–H and O–H groups in total. The highest BCUT2D eigenvalue weighted by Gasteiger charge is 2.18. The number of hydrogen-bond donors (Lipinski definition) is 0. The lowest BCUT2D eigenvalue weighted by Crippen LogP contribution is -2.42. The molecule has 1 aromatic heterocycles. The summed E-state index contributed by atoms with van der Waals surface area (Å²) in [6, 6.07) is 11.8. The minimum atomic E-state index is -0.576. The van der Waals surface area contributed by atoms with Crippen molar-refractivity contribution < 1.29 is 4.74 Å². The number of benzene rings is 1. The second kappa shape index (κ2) is 8.31. The van der Waals surface area contributed by atoms with Gasteiger partial charge in [-0.05, 0) is 12.0 Å². The average Bonchev–Trinajstić information content (AvgIpc) is 2.63. The van der Waals surface area contributed by atoms with Crippen LogP contribution in [0.5, 0.6) is 0 Å². The van der Waals surface area contributed by atoms with Crippen molar-refractivity contribution in [3.8, 4) is 6.07 Å². The van der Waals surface area contributed by atoms with Crippen LogP contribution in [0, 0.1) is 11.3 Å². The summed E-state index contributed by atoms with van der Waals surface area (Å²) >= 11 is 0. The maximum Gasteiger partial charge on any atom is 0.332 e. The minimum Gasteiger partial charge on any atom is -0.377 e. The van der Waals surface area contributed by atoms with Crippen LogP contribution in [0.4, 0.5) is 5.82 Å². The van der Waals surface area contributed by atoms with E-state index in [-0.39, 0.29) is 5.56 Å². The Morgan fingerprint density at radius 1 is 1.16 bits per heavy atom. The van der Waals surface area contributed by atoms with Crippen LogP contribution in [0.3, 0.4) is 0 Å². The van der Waals surface area contributed by atoms with E-state index in [1.807, 2.05) is 36.4 Å². The molecule has 0 aliphatic carbocycles. The zero-order chi connectivity index (χ0) is 18.4. The summed E-state index contributed by atoms with van der Waals surface area (Å²) in [5.41, 5.74) is 0.0489. The van der Waals surface area contributed by atoms with E-state index in [2.05, 4.69) is 0 Å². The summed E-state index contributed by atoms with van der Waals surface area (Å²) in [5, 5.41) is 9.29. The van der Waals surface area contributed by atoms with Gasteiger partial charge >= 0.3 is 5.69 Å². The van der Waals surface area contributed by atoms with Crippen LogP contribution in [-0.2, 0) is 25.4 Å². The molecule has 0 saturated heterocycles. The first-order chi connectivity index (χ1) is 12.0. The Hall–Kier alpha value is -2.85. The highest BCUT2D eigenvalue weighted by atomic mass is 16.5. The van der Waals surface area contributed by atoms with Gasteiger partial charge in [-0.1, -0.05) is 30.3 Å². The number of nitriles is 1. The van der Waals surface area contributed by atoms with E-state index in [9.17, 15) is 14.9 Å². The lowest BCUT2D eigenvalue weighted by molar-refractivity contribution is 0.119. The maximum absolute atomic E-state index is 12.1. The Labute approximate surface area is 146 Å². The fourth-order valence-corrected chi connectivity index (χ4v) is 2.65. The summed E-state index contributed by atoms with van der Waals surface area (Å²) < 4.78 is 7.90. The molecule has 0 aliphatic heterocycles. The maximum atomic E-state index is 12.1. The minimum absolute atomic E-state index is 0.0303. The van der Waals surface area contributed by atoms with Crippen LogP contribution in [0.2, 0.25) is 0 Å². The van der Waals surface area contributed by atoms with Gasteiger partial charge in [0.1, 0.15) is 11.9 Å². The Morgan fingerprint density at radius 2 is 1.84 bits per heavy atom. The number of anilines is 1. The summed E-state index contributed by atoms with van der Waals surface area (Å²) in [7, 11) is 4.68. The van der Waals surface area contributed by atoms with Crippen molar-refractivity contribution in [2.45, 2.75) is 13.0 Å². The molecule has 0 amide bonds. The molecule has 0 radical (unpaired) electrons. The third-order valence-electron chi connectivity index (χ3n) is 4.00. The summed E-state index contributed by atoms with van der Waals surface area (Å²) in [4.78, 5) is 25.9. The summed E-state index contributed by atoms with van der Waals surface area (Å²) in [6.07, 6.45) is 0.706. The van der Waals surface area contributed by atoms with Crippen LogP contribution in [-0.4, -0.2) is 29.3 Å². The molecule has 1 heterocycles. The molecule has 7 heteroatoms. The number of hydrogen-bond acceptors (Lipinski definition) is 5. The fourth-order valence-electron chi connectivity index (χ4n) is 2.65. The first kappa shape index (κ1) is 18.5. The average molecular weight is 342 g/mol. The SMILES string of the molecule is CN(CCCOCc1ccccc1)c1c(C#N)c(=O)n(C)c(=O)n1C. The van der Waals surface area contributed by atoms with Crippen LogP contribution < -0.4 is 16.1 Å². The Balaban J connectivity index is 2.00. The second-order valence-corrected chi connectivity index (χ2v) is 5.83. The number of nitrogens with zero attached hydrogens (tertiary/aromatic N) is 4. The molecule has 0 saturated carbocycles. The van der Waals surface area contributed by atoms with E-state index >= 15 is 0 Å². The highest BCUT2D eigenvalue weighted by molar-refractivity contribution is 5.52. The van der Waals surface area contributed by atoms with Gasteiger partial charge in [-0.25, -0.2) is 4.79 Å². The smallest absolute Gasteiger partial charge is 0.332 e. The third-order valence-corrected chi connectivity index (χ3v) is 4.00. The monoisotopic (exact) mass is 342 g/mol. The quantitative estimate of drug-likeness (QED) is 0.701. The van der Waals surface area contributed by atoms with Gasteiger partial charge < -0.3 is 9.64 Å². The fraction of sp³-hybridized carbons (Fsp3) is 0.389. The normalized spacial score (nSPS) is 10.5. The third kappa shape index (κ3) is 4.17. The lowest BCUT2D eigenvalue weighted by atomic mass is 10.2. The zero-order valence-electron chi connectivity index (χ0n) is 14.7. The van der Waals surface area contributed by atoms with Crippen LogP contribution in [0.1, 0.15) is 17.5 Å². The topological polar surface area (TPSA) is 80.3 Å². The van der Waals surface area contributed by atoms with E-state index in [4.69, 9.17) is 4.74 Å². The Bertz CT molecular complexity index is 878. The molecule has 0 bridgehead atoms. The van der Waals surface area contributed by atoms with Crippen LogP contribution in [0.15, 0.2) is 39.9 Å². The van der Waals surface area contributed by atoms with Crippen LogP contribution in [0.25, 0.3) is 0 Å². The second-order valence-electron chi connectivity index (χ2n) is 5.83. The van der Waals surface area contributed by atoms with Crippen molar-refractivity contribution in [3.05, 3.63) is 62.3 Å².